The molecule has 0 radical (unpaired) electrons. The number of hydrogen-bond acceptors (Lipinski definition) is 3. The average molecular weight is 282 g/mol. The van der Waals surface area contributed by atoms with E-state index < -0.39 is 0 Å². The summed E-state index contributed by atoms with van der Waals surface area (Å²) < 4.78 is 0. The van der Waals surface area contributed by atoms with E-state index in [4.69, 9.17) is 5.11 Å². The predicted octanol–water partition coefficient (Wildman–Crippen LogP) is 2.94. The van der Waals surface area contributed by atoms with Gasteiger partial charge in [-0.05, 0) is 30.7 Å². The smallest absolute Gasteiger partial charge is 0.319 e. The van der Waals surface area contributed by atoms with Gasteiger partial charge in [0.05, 0.1) is 5.69 Å². The first kappa shape index (κ1) is 15.9. The van der Waals surface area contributed by atoms with Gasteiger partial charge < -0.3 is 15.7 Å². The average Bonchev–Trinajstić information content (AvgIpc) is 2.38. The van der Waals surface area contributed by atoms with Crippen molar-refractivity contribution in [2.75, 3.05) is 18.2 Å². The number of anilines is 1. The first-order valence-electron chi connectivity index (χ1n) is 6.40. The summed E-state index contributed by atoms with van der Waals surface area (Å²) in [6.45, 7) is 4.12. The number of aliphatic hydroxyl groups is 1. The molecule has 0 aliphatic heterocycles. The van der Waals surface area contributed by atoms with Crippen LogP contribution in [0.3, 0.4) is 0 Å². The molecule has 19 heavy (non-hydrogen) atoms. The van der Waals surface area contributed by atoms with Gasteiger partial charge in [0.1, 0.15) is 0 Å². The Morgan fingerprint density at radius 1 is 1.37 bits per heavy atom. The van der Waals surface area contributed by atoms with Gasteiger partial charge in [-0.15, -0.1) is 11.8 Å². The normalized spacial score (nSPS) is 12.3. The maximum atomic E-state index is 12.0. The molecule has 1 aromatic carbocycles. The van der Waals surface area contributed by atoms with E-state index in [0.29, 0.717) is 6.42 Å². The van der Waals surface area contributed by atoms with Gasteiger partial charge in [0, 0.05) is 17.5 Å². The molecule has 1 aromatic rings. The maximum absolute atomic E-state index is 12.0. The van der Waals surface area contributed by atoms with Crippen LogP contribution in [0.15, 0.2) is 29.2 Å². The van der Waals surface area contributed by atoms with E-state index in [-0.39, 0.29) is 24.6 Å². The van der Waals surface area contributed by atoms with E-state index in [1.807, 2.05) is 44.4 Å². The molecule has 0 saturated heterocycles. The second kappa shape index (κ2) is 8.07. The van der Waals surface area contributed by atoms with E-state index in [0.717, 1.165) is 10.6 Å². The Bertz CT molecular complexity index is 410. The zero-order valence-corrected chi connectivity index (χ0v) is 12.5. The van der Waals surface area contributed by atoms with E-state index in [2.05, 4.69) is 10.6 Å². The SMILES string of the molecule is CSc1ccccc1NC(=O)NC(CCO)C(C)C. The summed E-state index contributed by atoms with van der Waals surface area (Å²) in [4.78, 5) is 13.0. The van der Waals surface area contributed by atoms with Crippen molar-refractivity contribution < 1.29 is 9.90 Å². The highest BCUT2D eigenvalue weighted by atomic mass is 32.2. The Kier molecular flexibility index (Phi) is 6.73. The molecule has 0 spiro atoms. The number of thioether (sulfide) groups is 1. The van der Waals surface area contributed by atoms with Crippen molar-refractivity contribution in [2.45, 2.75) is 31.2 Å². The third kappa shape index (κ3) is 5.12. The van der Waals surface area contributed by atoms with Crippen LogP contribution in [-0.4, -0.2) is 30.0 Å². The van der Waals surface area contributed by atoms with Gasteiger partial charge in [0.15, 0.2) is 0 Å². The minimum Gasteiger partial charge on any atom is -0.396 e. The molecule has 5 heteroatoms. The third-order valence-corrected chi connectivity index (χ3v) is 3.71. The van der Waals surface area contributed by atoms with Gasteiger partial charge in [-0.2, -0.15) is 0 Å². The summed E-state index contributed by atoms with van der Waals surface area (Å²) in [5, 5.41) is 14.7. The van der Waals surface area contributed by atoms with Gasteiger partial charge >= 0.3 is 6.03 Å². The molecule has 0 aliphatic rings. The number of carbonyl (C=O) groups excluding carboxylic acids is 1. The molecule has 0 bridgehead atoms. The molecule has 4 nitrogen and oxygen atoms in total. The molecule has 2 amide bonds. The first-order valence-corrected chi connectivity index (χ1v) is 7.62. The van der Waals surface area contributed by atoms with Crippen LogP contribution in [0.5, 0.6) is 0 Å². The topological polar surface area (TPSA) is 61.4 Å². The number of urea groups is 1. The Balaban J connectivity index is 2.63. The van der Waals surface area contributed by atoms with Crippen LogP contribution in [0.2, 0.25) is 0 Å². The Morgan fingerprint density at radius 2 is 2.05 bits per heavy atom. The summed E-state index contributed by atoms with van der Waals surface area (Å²) >= 11 is 1.59. The lowest BCUT2D eigenvalue weighted by atomic mass is 10.0. The van der Waals surface area contributed by atoms with Crippen molar-refractivity contribution in [3.8, 4) is 0 Å². The number of amides is 2. The van der Waals surface area contributed by atoms with Gasteiger partial charge in [0.25, 0.3) is 0 Å². The molecule has 0 aromatic heterocycles. The zero-order valence-electron chi connectivity index (χ0n) is 11.6. The number of aliphatic hydroxyl groups excluding tert-OH is 1. The van der Waals surface area contributed by atoms with E-state index in [1.54, 1.807) is 11.8 Å². The maximum Gasteiger partial charge on any atom is 0.319 e. The molecule has 0 saturated carbocycles. The molecule has 0 fully saturated rings. The Morgan fingerprint density at radius 3 is 2.63 bits per heavy atom. The van der Waals surface area contributed by atoms with E-state index in [1.165, 1.54) is 0 Å². The third-order valence-electron chi connectivity index (χ3n) is 2.92. The van der Waals surface area contributed by atoms with Gasteiger partial charge in [-0.25, -0.2) is 4.79 Å². The molecular weight excluding hydrogens is 260 g/mol. The van der Waals surface area contributed by atoms with Crippen molar-refractivity contribution in [2.24, 2.45) is 5.92 Å². The van der Waals surface area contributed by atoms with Crippen LogP contribution < -0.4 is 10.6 Å². The number of hydrogen-bond donors (Lipinski definition) is 3. The molecule has 0 heterocycles. The molecule has 3 N–H and O–H groups in total. The Hall–Kier alpha value is -1.20. The quantitative estimate of drug-likeness (QED) is 0.703. The fourth-order valence-corrected chi connectivity index (χ4v) is 2.34. The molecule has 1 rings (SSSR count). The van der Waals surface area contributed by atoms with Gasteiger partial charge in [-0.1, -0.05) is 26.0 Å². The number of carbonyl (C=O) groups is 1. The highest BCUT2D eigenvalue weighted by Crippen LogP contribution is 2.24. The number of para-hydroxylation sites is 1. The largest absolute Gasteiger partial charge is 0.396 e. The monoisotopic (exact) mass is 282 g/mol. The second-order valence-electron chi connectivity index (χ2n) is 4.66. The molecule has 1 atom stereocenters. The molecular formula is C14H22N2O2S. The molecule has 1 unspecified atom stereocenters. The van der Waals surface area contributed by atoms with Crippen LogP contribution >= 0.6 is 11.8 Å². The lowest BCUT2D eigenvalue weighted by Crippen LogP contribution is -2.41. The van der Waals surface area contributed by atoms with E-state index in [9.17, 15) is 4.79 Å². The van der Waals surface area contributed by atoms with E-state index >= 15 is 0 Å². The lowest BCUT2D eigenvalue weighted by Gasteiger charge is -2.22. The van der Waals surface area contributed by atoms with Crippen LogP contribution in [0.4, 0.5) is 10.5 Å². The van der Waals surface area contributed by atoms with Crippen molar-refractivity contribution >= 4 is 23.5 Å². The zero-order chi connectivity index (χ0) is 14.3. The fourth-order valence-electron chi connectivity index (χ4n) is 1.79. The van der Waals surface area contributed by atoms with Crippen LogP contribution in [-0.2, 0) is 0 Å². The van der Waals surface area contributed by atoms with Crippen LogP contribution in [0, 0.1) is 5.92 Å². The summed E-state index contributed by atoms with van der Waals surface area (Å²) in [6.07, 6.45) is 2.54. The highest BCUT2D eigenvalue weighted by molar-refractivity contribution is 7.98. The summed E-state index contributed by atoms with van der Waals surface area (Å²) in [5.74, 6) is 0.286. The summed E-state index contributed by atoms with van der Waals surface area (Å²) in [6, 6.07) is 7.43. The van der Waals surface area contributed by atoms with Gasteiger partial charge in [0.2, 0.25) is 0 Å². The standard InChI is InChI=1S/C14H22N2O2S/c1-10(2)11(8-9-17)15-14(18)16-12-6-4-5-7-13(12)19-3/h4-7,10-11,17H,8-9H2,1-3H3,(H2,15,16,18). The van der Waals surface area contributed by atoms with Crippen molar-refractivity contribution in [1.29, 1.82) is 0 Å². The summed E-state index contributed by atoms with van der Waals surface area (Å²) in [7, 11) is 0. The van der Waals surface area contributed by atoms with Crippen molar-refractivity contribution in [3.05, 3.63) is 24.3 Å². The predicted molar refractivity (Wildman–Crippen MR) is 80.7 cm³/mol. The number of benzene rings is 1. The minimum absolute atomic E-state index is 0.0218. The van der Waals surface area contributed by atoms with Crippen molar-refractivity contribution in [3.63, 3.8) is 0 Å². The fraction of sp³-hybridized carbons (Fsp3) is 0.500. The minimum atomic E-state index is -0.228. The number of rotatable bonds is 6. The summed E-state index contributed by atoms with van der Waals surface area (Å²) in [5.41, 5.74) is 0.805. The molecule has 106 valence electrons. The second-order valence-corrected chi connectivity index (χ2v) is 5.51. The molecule has 0 aliphatic carbocycles. The van der Waals surface area contributed by atoms with Crippen LogP contribution in [0.25, 0.3) is 0 Å². The first-order chi connectivity index (χ1) is 9.08. The Labute approximate surface area is 119 Å². The van der Waals surface area contributed by atoms with Crippen molar-refractivity contribution in [1.82, 2.24) is 5.32 Å². The van der Waals surface area contributed by atoms with Gasteiger partial charge in [-0.3, -0.25) is 0 Å². The highest BCUT2D eigenvalue weighted by Gasteiger charge is 2.16. The number of nitrogens with one attached hydrogen (secondary N) is 2. The lowest BCUT2D eigenvalue weighted by molar-refractivity contribution is 0.227. The van der Waals surface area contributed by atoms with Crippen LogP contribution in [0.1, 0.15) is 20.3 Å².